The molecule has 2 aromatic carbocycles. The fourth-order valence-electron chi connectivity index (χ4n) is 3.01. The number of carbonyl (C=O) groups is 1. The number of thiazole rings is 1. The van der Waals surface area contributed by atoms with E-state index in [4.69, 9.17) is 4.74 Å². The summed E-state index contributed by atoms with van der Waals surface area (Å²) in [5.74, 6) is -0.194. The van der Waals surface area contributed by atoms with Gasteiger partial charge in [-0.25, -0.2) is 0 Å². The van der Waals surface area contributed by atoms with Crippen LogP contribution in [0.5, 0.6) is 0 Å². The molecule has 0 spiro atoms. The molecule has 0 aliphatic rings. The molecule has 0 saturated carbocycles. The molecule has 1 amide bonds. The second-order valence-electron chi connectivity index (χ2n) is 6.39. The van der Waals surface area contributed by atoms with Crippen LogP contribution in [-0.4, -0.2) is 23.7 Å². The fraction of sp³-hybridized carbons (Fsp3) is 0.333. The predicted molar refractivity (Wildman–Crippen MR) is 107 cm³/mol. The summed E-state index contributed by atoms with van der Waals surface area (Å²) in [4.78, 5) is 18.0. The first-order valence-electron chi connectivity index (χ1n) is 8.84. The average molecular weight is 369 g/mol. The molecule has 3 aromatic rings. The van der Waals surface area contributed by atoms with Gasteiger partial charge in [0.15, 0.2) is 4.80 Å². The van der Waals surface area contributed by atoms with Crippen LogP contribution in [0, 0.1) is 20.8 Å². The minimum Gasteiger partial charge on any atom is -0.380 e. The topological polar surface area (TPSA) is 43.6 Å². The number of hydrogen-bond donors (Lipinski definition) is 0. The lowest BCUT2D eigenvalue weighted by atomic mass is 10.1. The Labute approximate surface area is 157 Å². The van der Waals surface area contributed by atoms with Gasteiger partial charge in [-0.15, -0.1) is 0 Å². The van der Waals surface area contributed by atoms with Crippen LogP contribution < -0.4 is 4.80 Å². The van der Waals surface area contributed by atoms with Crippen molar-refractivity contribution in [2.24, 2.45) is 4.99 Å². The standard InChI is InChI=1S/C21H24N2O2S/c1-5-25-12-11-23-19-16(4)7-6-8-18(19)26-21(23)22-20(24)17-13-14(2)9-10-15(17)3/h6-10,13H,5,11-12H2,1-4H3. The van der Waals surface area contributed by atoms with Crippen molar-refractivity contribution in [3.8, 4) is 0 Å². The summed E-state index contributed by atoms with van der Waals surface area (Å²) in [6.45, 7) is 9.95. The van der Waals surface area contributed by atoms with Crippen molar-refractivity contribution < 1.29 is 9.53 Å². The summed E-state index contributed by atoms with van der Waals surface area (Å²) in [7, 11) is 0. The molecular formula is C21H24N2O2S. The number of aryl methyl sites for hydroxylation is 3. The highest BCUT2D eigenvalue weighted by Crippen LogP contribution is 2.21. The maximum atomic E-state index is 12.8. The Morgan fingerprint density at radius 1 is 1.15 bits per heavy atom. The summed E-state index contributed by atoms with van der Waals surface area (Å²) in [6.07, 6.45) is 0. The number of benzene rings is 2. The monoisotopic (exact) mass is 368 g/mol. The molecule has 0 bridgehead atoms. The van der Waals surface area contributed by atoms with Gasteiger partial charge in [-0.05, 0) is 51.0 Å². The Hall–Kier alpha value is -2.24. The van der Waals surface area contributed by atoms with Crippen LogP contribution in [0.3, 0.4) is 0 Å². The maximum absolute atomic E-state index is 12.8. The lowest BCUT2D eigenvalue weighted by Crippen LogP contribution is -2.20. The van der Waals surface area contributed by atoms with Crippen molar-refractivity contribution in [3.05, 3.63) is 63.5 Å². The first-order chi connectivity index (χ1) is 12.5. The Kier molecular flexibility index (Phi) is 5.69. The largest absolute Gasteiger partial charge is 0.380 e. The van der Waals surface area contributed by atoms with E-state index >= 15 is 0 Å². The van der Waals surface area contributed by atoms with Gasteiger partial charge in [-0.1, -0.05) is 41.2 Å². The van der Waals surface area contributed by atoms with E-state index in [1.807, 2.05) is 45.0 Å². The molecule has 0 fully saturated rings. The summed E-state index contributed by atoms with van der Waals surface area (Å²) in [5.41, 5.74) is 4.98. The molecule has 136 valence electrons. The van der Waals surface area contributed by atoms with Crippen molar-refractivity contribution in [2.45, 2.75) is 34.2 Å². The van der Waals surface area contributed by atoms with Gasteiger partial charge in [0.1, 0.15) is 0 Å². The van der Waals surface area contributed by atoms with E-state index in [1.54, 1.807) is 11.3 Å². The van der Waals surface area contributed by atoms with Crippen LogP contribution in [0.2, 0.25) is 0 Å². The third-order valence-electron chi connectivity index (χ3n) is 4.39. The molecule has 0 saturated heterocycles. The molecule has 26 heavy (non-hydrogen) atoms. The number of rotatable bonds is 5. The Morgan fingerprint density at radius 2 is 1.96 bits per heavy atom. The molecule has 0 atom stereocenters. The zero-order valence-corrected chi connectivity index (χ0v) is 16.5. The Morgan fingerprint density at radius 3 is 2.73 bits per heavy atom. The SMILES string of the molecule is CCOCCn1c(=NC(=O)c2cc(C)ccc2C)sc2cccc(C)c21. The van der Waals surface area contributed by atoms with Crippen LogP contribution in [-0.2, 0) is 11.3 Å². The third-order valence-corrected chi connectivity index (χ3v) is 5.43. The van der Waals surface area contributed by atoms with E-state index in [0.29, 0.717) is 25.3 Å². The molecule has 0 aliphatic carbocycles. The first-order valence-corrected chi connectivity index (χ1v) is 9.66. The zero-order valence-electron chi connectivity index (χ0n) is 15.7. The van der Waals surface area contributed by atoms with Crippen LogP contribution in [0.15, 0.2) is 41.4 Å². The molecule has 0 N–H and O–H groups in total. The molecule has 1 aromatic heterocycles. The highest BCUT2D eigenvalue weighted by molar-refractivity contribution is 7.16. The van der Waals surface area contributed by atoms with E-state index in [9.17, 15) is 4.79 Å². The van der Waals surface area contributed by atoms with Crippen LogP contribution in [0.4, 0.5) is 0 Å². The first kappa shape index (κ1) is 18.5. The van der Waals surface area contributed by atoms with Gasteiger partial charge in [0.05, 0.1) is 16.8 Å². The normalized spacial score (nSPS) is 12.1. The molecular weight excluding hydrogens is 344 g/mol. The number of hydrogen-bond acceptors (Lipinski definition) is 3. The summed E-state index contributed by atoms with van der Waals surface area (Å²) in [5, 5.41) is 0. The lowest BCUT2D eigenvalue weighted by molar-refractivity contribution is 0.0996. The zero-order chi connectivity index (χ0) is 18.7. The van der Waals surface area contributed by atoms with Gasteiger partial charge < -0.3 is 9.30 Å². The number of fused-ring (bicyclic) bond motifs is 1. The number of para-hydroxylation sites is 1. The highest BCUT2D eigenvalue weighted by Gasteiger charge is 2.12. The van der Waals surface area contributed by atoms with Gasteiger partial charge >= 0.3 is 0 Å². The van der Waals surface area contributed by atoms with E-state index in [2.05, 4.69) is 28.6 Å². The number of nitrogens with zero attached hydrogens (tertiary/aromatic N) is 2. The molecule has 5 heteroatoms. The van der Waals surface area contributed by atoms with Crippen LogP contribution in [0.25, 0.3) is 10.2 Å². The molecule has 0 aliphatic heterocycles. The van der Waals surface area contributed by atoms with Gasteiger partial charge in [0.25, 0.3) is 5.91 Å². The number of aromatic nitrogens is 1. The second-order valence-corrected chi connectivity index (χ2v) is 7.40. The van der Waals surface area contributed by atoms with Crippen molar-refractivity contribution in [2.75, 3.05) is 13.2 Å². The van der Waals surface area contributed by atoms with Crippen molar-refractivity contribution in [1.29, 1.82) is 0 Å². The second kappa shape index (κ2) is 7.98. The third kappa shape index (κ3) is 3.79. The maximum Gasteiger partial charge on any atom is 0.279 e. The van der Waals surface area contributed by atoms with E-state index in [-0.39, 0.29) is 5.91 Å². The predicted octanol–water partition coefficient (Wildman–Crippen LogP) is 4.41. The molecule has 0 unspecified atom stereocenters. The minimum absolute atomic E-state index is 0.194. The Balaban J connectivity index is 2.12. The average Bonchev–Trinajstić information content (AvgIpc) is 2.96. The van der Waals surface area contributed by atoms with Crippen LogP contribution >= 0.6 is 11.3 Å². The summed E-state index contributed by atoms with van der Waals surface area (Å²) in [6, 6.07) is 12.1. The van der Waals surface area contributed by atoms with E-state index < -0.39 is 0 Å². The van der Waals surface area contributed by atoms with Crippen molar-refractivity contribution in [1.82, 2.24) is 4.57 Å². The van der Waals surface area contributed by atoms with Crippen molar-refractivity contribution >= 4 is 27.5 Å². The van der Waals surface area contributed by atoms with Crippen molar-refractivity contribution in [3.63, 3.8) is 0 Å². The number of ether oxygens (including phenoxy) is 1. The van der Waals surface area contributed by atoms with Gasteiger partial charge in [-0.3, -0.25) is 4.79 Å². The fourth-order valence-corrected chi connectivity index (χ4v) is 4.15. The van der Waals surface area contributed by atoms with Gasteiger partial charge in [-0.2, -0.15) is 4.99 Å². The highest BCUT2D eigenvalue weighted by atomic mass is 32.1. The lowest BCUT2D eigenvalue weighted by Gasteiger charge is -2.07. The smallest absolute Gasteiger partial charge is 0.279 e. The Bertz CT molecular complexity index is 1010. The van der Waals surface area contributed by atoms with E-state index in [0.717, 1.165) is 26.1 Å². The minimum atomic E-state index is -0.194. The quantitative estimate of drug-likeness (QED) is 0.626. The number of carbonyl (C=O) groups excluding carboxylic acids is 1. The summed E-state index contributed by atoms with van der Waals surface area (Å²) >= 11 is 1.55. The molecule has 1 heterocycles. The van der Waals surface area contributed by atoms with E-state index in [1.165, 1.54) is 5.56 Å². The summed E-state index contributed by atoms with van der Waals surface area (Å²) < 4.78 is 8.77. The molecule has 4 nitrogen and oxygen atoms in total. The molecule has 3 rings (SSSR count). The molecule has 0 radical (unpaired) electrons. The number of amides is 1. The van der Waals surface area contributed by atoms with Crippen LogP contribution in [0.1, 0.15) is 34.0 Å². The van der Waals surface area contributed by atoms with Gasteiger partial charge in [0, 0.05) is 18.7 Å². The van der Waals surface area contributed by atoms with Gasteiger partial charge in [0.2, 0.25) is 0 Å².